The number of hydrogen-bond donors (Lipinski definition) is 2. The lowest BCUT2D eigenvalue weighted by Crippen LogP contribution is -2.57. The Hall–Kier alpha value is -1.91. The first-order valence-electron chi connectivity index (χ1n) is 5.00. The van der Waals surface area contributed by atoms with Crippen LogP contribution < -0.4 is 16.2 Å². The standard InChI is InChI=1S/C12H11N3O/c13-12(14)7-3-6-10-11(12)15-8-4-1-2-5-9(8)16-10/h1-7H,13-14H2. The van der Waals surface area contributed by atoms with Crippen LogP contribution in [0.5, 0.6) is 5.75 Å². The number of aliphatic imine (C=N–C) groups is 1. The monoisotopic (exact) mass is 213 g/mol. The molecule has 0 saturated heterocycles. The van der Waals surface area contributed by atoms with Gasteiger partial charge in [0.15, 0.2) is 11.5 Å². The molecule has 1 aromatic carbocycles. The van der Waals surface area contributed by atoms with Gasteiger partial charge in [0, 0.05) is 0 Å². The number of nitrogens with two attached hydrogens (primary N) is 2. The number of nitrogens with zero attached hydrogens (tertiary/aromatic N) is 1. The van der Waals surface area contributed by atoms with E-state index in [2.05, 4.69) is 4.99 Å². The van der Waals surface area contributed by atoms with Crippen LogP contribution in [-0.2, 0) is 0 Å². The fourth-order valence-electron chi connectivity index (χ4n) is 1.78. The molecule has 0 spiro atoms. The highest BCUT2D eigenvalue weighted by molar-refractivity contribution is 6.10. The molecule has 1 aliphatic heterocycles. The molecule has 0 saturated carbocycles. The molecule has 3 rings (SSSR count). The van der Waals surface area contributed by atoms with E-state index in [9.17, 15) is 0 Å². The summed E-state index contributed by atoms with van der Waals surface area (Å²) in [5.41, 5.74) is 12.1. The Balaban J connectivity index is 2.19. The summed E-state index contributed by atoms with van der Waals surface area (Å²) in [6.45, 7) is 0. The first-order chi connectivity index (χ1) is 7.67. The average molecular weight is 213 g/mol. The minimum absolute atomic E-state index is 0.564. The Labute approximate surface area is 92.9 Å². The molecule has 0 amide bonds. The lowest BCUT2D eigenvalue weighted by Gasteiger charge is -2.30. The summed E-state index contributed by atoms with van der Waals surface area (Å²) in [6, 6.07) is 7.53. The van der Waals surface area contributed by atoms with E-state index < -0.39 is 5.66 Å². The van der Waals surface area contributed by atoms with Gasteiger partial charge in [0.05, 0.1) is 0 Å². The minimum atomic E-state index is -1.06. The topological polar surface area (TPSA) is 73.6 Å². The van der Waals surface area contributed by atoms with E-state index in [4.69, 9.17) is 16.2 Å². The van der Waals surface area contributed by atoms with Crippen LogP contribution in [0.3, 0.4) is 0 Å². The molecule has 4 N–H and O–H groups in total. The zero-order valence-corrected chi connectivity index (χ0v) is 8.55. The van der Waals surface area contributed by atoms with Crippen LogP contribution in [0.15, 0.2) is 53.2 Å². The fourth-order valence-corrected chi connectivity index (χ4v) is 1.78. The van der Waals surface area contributed by atoms with Crippen LogP contribution in [0.2, 0.25) is 0 Å². The van der Waals surface area contributed by atoms with Crippen molar-refractivity contribution in [3.8, 4) is 5.75 Å². The van der Waals surface area contributed by atoms with Crippen molar-refractivity contribution in [2.24, 2.45) is 16.5 Å². The molecule has 0 aromatic heterocycles. The molecule has 1 aliphatic carbocycles. The zero-order valence-electron chi connectivity index (χ0n) is 8.55. The molecule has 4 heteroatoms. The maximum atomic E-state index is 5.93. The molecular weight excluding hydrogens is 202 g/mol. The number of fused-ring (bicyclic) bond motifs is 2. The number of benzene rings is 1. The Bertz CT molecular complexity index is 541. The predicted molar refractivity (Wildman–Crippen MR) is 62.5 cm³/mol. The van der Waals surface area contributed by atoms with Crippen molar-refractivity contribution in [2.75, 3.05) is 0 Å². The smallest absolute Gasteiger partial charge is 0.153 e. The highest BCUT2D eigenvalue weighted by Gasteiger charge is 2.33. The third kappa shape index (κ3) is 1.28. The number of para-hydroxylation sites is 2. The van der Waals surface area contributed by atoms with Gasteiger partial charge in [-0.1, -0.05) is 18.2 Å². The van der Waals surface area contributed by atoms with Gasteiger partial charge in [-0.15, -0.1) is 0 Å². The van der Waals surface area contributed by atoms with Crippen LogP contribution in [0.4, 0.5) is 5.69 Å². The lowest BCUT2D eigenvalue weighted by molar-refractivity contribution is 0.440. The van der Waals surface area contributed by atoms with Crippen LogP contribution in [0.25, 0.3) is 0 Å². The van der Waals surface area contributed by atoms with Crippen molar-refractivity contribution in [1.82, 2.24) is 0 Å². The quantitative estimate of drug-likeness (QED) is 0.636. The van der Waals surface area contributed by atoms with E-state index in [-0.39, 0.29) is 0 Å². The van der Waals surface area contributed by atoms with Gasteiger partial charge in [-0.3, -0.25) is 0 Å². The average Bonchev–Trinajstić information content (AvgIpc) is 2.27. The van der Waals surface area contributed by atoms with E-state index in [0.29, 0.717) is 11.5 Å². The summed E-state index contributed by atoms with van der Waals surface area (Å²) >= 11 is 0. The van der Waals surface area contributed by atoms with E-state index in [0.717, 1.165) is 11.4 Å². The molecule has 4 nitrogen and oxygen atoms in total. The number of rotatable bonds is 0. The van der Waals surface area contributed by atoms with Crippen molar-refractivity contribution in [2.45, 2.75) is 5.66 Å². The lowest BCUT2D eigenvalue weighted by atomic mass is 9.98. The molecular formula is C12H11N3O. The van der Waals surface area contributed by atoms with Crippen molar-refractivity contribution >= 4 is 11.4 Å². The van der Waals surface area contributed by atoms with Crippen molar-refractivity contribution in [1.29, 1.82) is 0 Å². The molecule has 1 aromatic rings. The molecule has 0 radical (unpaired) electrons. The number of ether oxygens (including phenoxy) is 1. The molecule has 0 fully saturated rings. The molecule has 0 bridgehead atoms. The van der Waals surface area contributed by atoms with Crippen LogP contribution in [0.1, 0.15) is 0 Å². The maximum absolute atomic E-state index is 5.93. The SMILES string of the molecule is NC1(N)C=CC=C2Oc3ccccc3N=C21. The second-order valence-corrected chi connectivity index (χ2v) is 3.85. The normalized spacial score (nSPS) is 20.1. The zero-order chi connectivity index (χ0) is 11.2. The van der Waals surface area contributed by atoms with Gasteiger partial charge in [-0.05, 0) is 24.3 Å². The summed E-state index contributed by atoms with van der Waals surface area (Å²) in [6.07, 6.45) is 5.29. The third-order valence-corrected chi connectivity index (χ3v) is 2.58. The number of hydrogen-bond acceptors (Lipinski definition) is 4. The summed E-state index contributed by atoms with van der Waals surface area (Å²) in [7, 11) is 0. The summed E-state index contributed by atoms with van der Waals surface area (Å²) in [4.78, 5) is 4.44. The molecule has 16 heavy (non-hydrogen) atoms. The van der Waals surface area contributed by atoms with E-state index in [1.54, 1.807) is 12.2 Å². The molecule has 2 aliphatic rings. The van der Waals surface area contributed by atoms with Crippen LogP contribution in [0, 0.1) is 0 Å². The van der Waals surface area contributed by atoms with Crippen molar-refractivity contribution < 1.29 is 4.74 Å². The molecule has 0 unspecified atom stereocenters. The first kappa shape index (κ1) is 9.33. The van der Waals surface area contributed by atoms with E-state index >= 15 is 0 Å². The fraction of sp³-hybridized carbons (Fsp3) is 0.0833. The molecule has 0 atom stereocenters. The highest BCUT2D eigenvalue weighted by Crippen LogP contribution is 2.35. The van der Waals surface area contributed by atoms with Gasteiger partial charge in [-0.2, -0.15) is 0 Å². The second kappa shape index (κ2) is 3.04. The Kier molecular flexibility index (Phi) is 1.77. The summed E-state index contributed by atoms with van der Waals surface area (Å²) in [5, 5.41) is 0. The van der Waals surface area contributed by atoms with E-state index in [1.807, 2.05) is 30.3 Å². The maximum Gasteiger partial charge on any atom is 0.153 e. The second-order valence-electron chi connectivity index (χ2n) is 3.85. The van der Waals surface area contributed by atoms with Crippen molar-refractivity contribution in [3.05, 3.63) is 48.3 Å². The van der Waals surface area contributed by atoms with Gasteiger partial charge < -0.3 is 16.2 Å². The van der Waals surface area contributed by atoms with E-state index in [1.165, 1.54) is 0 Å². The Morgan fingerprint density at radius 2 is 2.00 bits per heavy atom. The van der Waals surface area contributed by atoms with Gasteiger partial charge >= 0.3 is 0 Å². The largest absolute Gasteiger partial charge is 0.453 e. The highest BCUT2D eigenvalue weighted by atomic mass is 16.5. The Morgan fingerprint density at radius 3 is 2.88 bits per heavy atom. The number of allylic oxidation sites excluding steroid dienone is 2. The summed E-state index contributed by atoms with van der Waals surface area (Å²) < 4.78 is 5.69. The molecule has 80 valence electrons. The van der Waals surface area contributed by atoms with Crippen LogP contribution >= 0.6 is 0 Å². The van der Waals surface area contributed by atoms with Gasteiger partial charge in [0.2, 0.25) is 0 Å². The van der Waals surface area contributed by atoms with Gasteiger partial charge in [0.25, 0.3) is 0 Å². The molecule has 1 heterocycles. The summed E-state index contributed by atoms with van der Waals surface area (Å²) in [5.74, 6) is 1.34. The Morgan fingerprint density at radius 1 is 1.19 bits per heavy atom. The predicted octanol–water partition coefficient (Wildman–Crippen LogP) is 1.22. The third-order valence-electron chi connectivity index (χ3n) is 2.58. The van der Waals surface area contributed by atoms with Crippen LogP contribution in [-0.4, -0.2) is 11.4 Å². The minimum Gasteiger partial charge on any atom is -0.453 e. The van der Waals surface area contributed by atoms with Gasteiger partial charge in [0.1, 0.15) is 17.1 Å². The first-order valence-corrected chi connectivity index (χ1v) is 5.00. The van der Waals surface area contributed by atoms with Crippen molar-refractivity contribution in [3.63, 3.8) is 0 Å². The van der Waals surface area contributed by atoms with Gasteiger partial charge in [-0.25, -0.2) is 4.99 Å².